The Morgan fingerprint density at radius 3 is 2.46 bits per heavy atom. The third kappa shape index (κ3) is 4.19. The third-order valence-corrected chi connectivity index (χ3v) is 3.39. The van der Waals surface area contributed by atoms with E-state index in [1.165, 1.54) is 12.1 Å². The third-order valence-electron chi connectivity index (χ3n) is 3.39. The molecule has 0 fully saturated rings. The summed E-state index contributed by atoms with van der Waals surface area (Å²) in [6.07, 6.45) is 1.67. The topological polar surface area (TPSA) is 59.1 Å². The predicted molar refractivity (Wildman–Crippen MR) is 92.0 cm³/mol. The Morgan fingerprint density at radius 2 is 1.75 bits per heavy atom. The molecule has 0 unspecified atom stereocenters. The maximum atomic E-state index is 12.9. The van der Waals surface area contributed by atoms with E-state index < -0.39 is 0 Å². The molecule has 6 heteroatoms. The number of ether oxygens (including phenoxy) is 1. The minimum atomic E-state index is -0.244. The molecule has 0 saturated carbocycles. The highest BCUT2D eigenvalue weighted by molar-refractivity contribution is 5.55. The highest BCUT2D eigenvalue weighted by atomic mass is 19.1. The summed E-state index contributed by atoms with van der Waals surface area (Å²) in [5, 5.41) is 6.33. The van der Waals surface area contributed by atoms with Gasteiger partial charge in [0.15, 0.2) is 0 Å². The first-order valence-electron chi connectivity index (χ1n) is 7.45. The van der Waals surface area contributed by atoms with Gasteiger partial charge in [0.25, 0.3) is 0 Å². The fraction of sp³-hybridized carbons (Fsp3) is 0.111. The minimum absolute atomic E-state index is 0.244. The molecule has 0 aliphatic carbocycles. The Hall–Kier alpha value is -3.15. The SMILES string of the molecule is COc1ccc(Nc2nccc(NCc3ccc(F)cc3)n2)cc1. The van der Waals surface area contributed by atoms with E-state index in [9.17, 15) is 4.39 Å². The van der Waals surface area contributed by atoms with Crippen LogP contribution in [-0.4, -0.2) is 17.1 Å². The lowest BCUT2D eigenvalue weighted by molar-refractivity contribution is 0.415. The summed E-state index contributed by atoms with van der Waals surface area (Å²) >= 11 is 0. The van der Waals surface area contributed by atoms with Gasteiger partial charge in [-0.2, -0.15) is 4.98 Å². The highest BCUT2D eigenvalue weighted by Gasteiger charge is 2.01. The Balaban J connectivity index is 1.63. The Morgan fingerprint density at radius 1 is 1.00 bits per heavy atom. The first-order chi connectivity index (χ1) is 11.7. The van der Waals surface area contributed by atoms with Crippen LogP contribution in [0.15, 0.2) is 60.8 Å². The minimum Gasteiger partial charge on any atom is -0.497 e. The van der Waals surface area contributed by atoms with Gasteiger partial charge in [0.1, 0.15) is 17.4 Å². The van der Waals surface area contributed by atoms with E-state index in [1.807, 2.05) is 24.3 Å². The monoisotopic (exact) mass is 324 g/mol. The zero-order chi connectivity index (χ0) is 16.8. The molecule has 2 aromatic carbocycles. The number of benzene rings is 2. The van der Waals surface area contributed by atoms with Crippen molar-refractivity contribution in [3.63, 3.8) is 0 Å². The molecule has 0 amide bonds. The molecule has 0 aliphatic rings. The average molecular weight is 324 g/mol. The molecule has 0 spiro atoms. The second kappa shape index (κ2) is 7.41. The van der Waals surface area contributed by atoms with E-state index in [1.54, 1.807) is 31.5 Å². The lowest BCUT2D eigenvalue weighted by Gasteiger charge is -2.09. The van der Waals surface area contributed by atoms with Crippen LogP contribution < -0.4 is 15.4 Å². The van der Waals surface area contributed by atoms with Crippen LogP contribution in [-0.2, 0) is 6.54 Å². The molecule has 122 valence electrons. The summed E-state index contributed by atoms with van der Waals surface area (Å²) in [5.41, 5.74) is 1.84. The van der Waals surface area contributed by atoms with E-state index in [0.717, 1.165) is 17.0 Å². The van der Waals surface area contributed by atoms with Crippen molar-refractivity contribution in [1.29, 1.82) is 0 Å². The van der Waals surface area contributed by atoms with E-state index in [-0.39, 0.29) is 5.82 Å². The first-order valence-corrected chi connectivity index (χ1v) is 7.45. The largest absolute Gasteiger partial charge is 0.497 e. The van der Waals surface area contributed by atoms with Gasteiger partial charge >= 0.3 is 0 Å². The van der Waals surface area contributed by atoms with Gasteiger partial charge < -0.3 is 15.4 Å². The van der Waals surface area contributed by atoms with Crippen molar-refractivity contribution in [2.45, 2.75) is 6.54 Å². The molecule has 0 radical (unpaired) electrons. The van der Waals surface area contributed by atoms with Crippen LogP contribution in [0.1, 0.15) is 5.56 Å². The van der Waals surface area contributed by atoms with Crippen molar-refractivity contribution in [2.24, 2.45) is 0 Å². The van der Waals surface area contributed by atoms with Gasteiger partial charge in [0.2, 0.25) is 5.95 Å². The van der Waals surface area contributed by atoms with Crippen LogP contribution in [0.5, 0.6) is 5.75 Å². The smallest absolute Gasteiger partial charge is 0.229 e. The molecule has 1 aromatic heterocycles. The van der Waals surface area contributed by atoms with Crippen LogP contribution in [0.3, 0.4) is 0 Å². The summed E-state index contributed by atoms with van der Waals surface area (Å²) < 4.78 is 18.0. The molecular weight excluding hydrogens is 307 g/mol. The molecule has 1 heterocycles. The summed E-state index contributed by atoms with van der Waals surface area (Å²) in [6, 6.07) is 15.6. The number of rotatable bonds is 6. The van der Waals surface area contributed by atoms with Crippen molar-refractivity contribution in [2.75, 3.05) is 17.7 Å². The quantitative estimate of drug-likeness (QED) is 0.718. The highest BCUT2D eigenvalue weighted by Crippen LogP contribution is 2.18. The van der Waals surface area contributed by atoms with E-state index in [4.69, 9.17) is 4.74 Å². The second-order valence-electron chi connectivity index (χ2n) is 5.10. The molecule has 0 atom stereocenters. The van der Waals surface area contributed by atoms with Gasteiger partial charge in [-0.25, -0.2) is 9.37 Å². The Kier molecular flexibility index (Phi) is 4.86. The fourth-order valence-corrected chi connectivity index (χ4v) is 2.12. The van der Waals surface area contributed by atoms with Gasteiger partial charge in [-0.05, 0) is 48.0 Å². The number of aromatic nitrogens is 2. The van der Waals surface area contributed by atoms with E-state index >= 15 is 0 Å². The van der Waals surface area contributed by atoms with Crippen molar-refractivity contribution in [1.82, 2.24) is 9.97 Å². The maximum Gasteiger partial charge on any atom is 0.229 e. The standard InChI is InChI=1S/C18H17FN4O/c1-24-16-8-6-15(7-9-16)22-18-20-11-10-17(23-18)21-12-13-2-4-14(19)5-3-13/h2-11H,12H2,1H3,(H2,20,21,22,23). The van der Waals surface area contributed by atoms with Crippen molar-refractivity contribution in [3.8, 4) is 5.75 Å². The second-order valence-corrected chi connectivity index (χ2v) is 5.10. The van der Waals surface area contributed by atoms with Crippen LogP contribution >= 0.6 is 0 Å². The van der Waals surface area contributed by atoms with Crippen molar-refractivity contribution in [3.05, 3.63) is 72.2 Å². The van der Waals surface area contributed by atoms with Gasteiger partial charge in [0.05, 0.1) is 7.11 Å². The number of anilines is 3. The van der Waals surface area contributed by atoms with Crippen LogP contribution in [0.2, 0.25) is 0 Å². The van der Waals surface area contributed by atoms with Gasteiger partial charge in [-0.1, -0.05) is 12.1 Å². The molecule has 3 rings (SSSR count). The lowest BCUT2D eigenvalue weighted by atomic mass is 10.2. The van der Waals surface area contributed by atoms with E-state index in [0.29, 0.717) is 18.3 Å². The molecule has 3 aromatic rings. The number of halogens is 1. The lowest BCUT2D eigenvalue weighted by Crippen LogP contribution is -2.04. The maximum absolute atomic E-state index is 12.9. The Labute approximate surface area is 139 Å². The fourth-order valence-electron chi connectivity index (χ4n) is 2.12. The summed E-state index contributed by atoms with van der Waals surface area (Å²) in [4.78, 5) is 8.61. The molecular formula is C18H17FN4O. The van der Waals surface area contributed by atoms with Crippen LogP contribution in [0.4, 0.5) is 21.8 Å². The zero-order valence-corrected chi connectivity index (χ0v) is 13.2. The van der Waals surface area contributed by atoms with Crippen molar-refractivity contribution >= 4 is 17.5 Å². The number of nitrogens with one attached hydrogen (secondary N) is 2. The van der Waals surface area contributed by atoms with Gasteiger partial charge in [0, 0.05) is 18.4 Å². The first kappa shape index (κ1) is 15.7. The van der Waals surface area contributed by atoms with E-state index in [2.05, 4.69) is 20.6 Å². The average Bonchev–Trinajstić information content (AvgIpc) is 2.62. The summed E-state index contributed by atoms with van der Waals surface area (Å²) in [7, 11) is 1.63. The number of nitrogens with zero attached hydrogens (tertiary/aromatic N) is 2. The normalized spacial score (nSPS) is 10.2. The zero-order valence-electron chi connectivity index (χ0n) is 13.2. The number of hydrogen-bond acceptors (Lipinski definition) is 5. The summed E-state index contributed by atoms with van der Waals surface area (Å²) in [6.45, 7) is 0.555. The summed E-state index contributed by atoms with van der Waals surface area (Å²) in [5.74, 6) is 1.72. The van der Waals surface area contributed by atoms with Gasteiger partial charge in [-0.3, -0.25) is 0 Å². The van der Waals surface area contributed by atoms with Crippen molar-refractivity contribution < 1.29 is 9.13 Å². The van der Waals surface area contributed by atoms with Crippen LogP contribution in [0, 0.1) is 5.82 Å². The molecule has 0 aliphatic heterocycles. The predicted octanol–water partition coefficient (Wildman–Crippen LogP) is 3.98. The molecule has 0 bridgehead atoms. The van der Waals surface area contributed by atoms with Gasteiger partial charge in [-0.15, -0.1) is 0 Å². The molecule has 2 N–H and O–H groups in total. The molecule has 24 heavy (non-hydrogen) atoms. The number of hydrogen-bond donors (Lipinski definition) is 2. The Bertz CT molecular complexity index is 791. The van der Waals surface area contributed by atoms with Crippen LogP contribution in [0.25, 0.3) is 0 Å². The molecule has 5 nitrogen and oxygen atoms in total. The number of methoxy groups -OCH3 is 1. The molecule has 0 saturated heterocycles.